The van der Waals surface area contributed by atoms with E-state index in [4.69, 9.17) is 4.74 Å². The van der Waals surface area contributed by atoms with E-state index in [9.17, 15) is 0 Å². The van der Waals surface area contributed by atoms with Crippen LogP contribution >= 0.6 is 0 Å². The predicted molar refractivity (Wildman–Crippen MR) is 59.0 cm³/mol. The van der Waals surface area contributed by atoms with Gasteiger partial charge in [0.15, 0.2) is 0 Å². The molecule has 1 aliphatic rings. The molecule has 0 N–H and O–H groups in total. The van der Waals surface area contributed by atoms with Crippen LogP contribution in [0.2, 0.25) is 0 Å². The van der Waals surface area contributed by atoms with Crippen molar-refractivity contribution in [2.24, 2.45) is 0 Å². The zero-order chi connectivity index (χ0) is 11.4. The molecule has 0 unspecified atom stereocenters. The molecule has 15 heavy (non-hydrogen) atoms. The first-order chi connectivity index (χ1) is 7.04. The van der Waals surface area contributed by atoms with E-state index in [0.29, 0.717) is 12.8 Å². The van der Waals surface area contributed by atoms with Crippen LogP contribution in [0.3, 0.4) is 0 Å². The van der Waals surface area contributed by atoms with Crippen LogP contribution in [0.15, 0.2) is 17.4 Å². The maximum absolute atomic E-state index is 5.75. The average molecular weight is 376 g/mol. The molecule has 0 saturated carbocycles. The topological polar surface area (TPSA) is 12.5 Å². The number of hydrogen-bond donors (Lipinski definition) is 0. The Labute approximate surface area is 103 Å². The zero-order valence-electron chi connectivity index (χ0n) is 9.83. The van der Waals surface area contributed by atoms with Crippen molar-refractivity contribution in [3.8, 4) is 0 Å². The van der Waals surface area contributed by atoms with Gasteiger partial charge in [-0.1, -0.05) is 0 Å². The Kier molecular flexibility index (Phi) is 4.95. The molecular formula is C12H18NOW-. The van der Waals surface area contributed by atoms with Gasteiger partial charge in [-0.3, -0.25) is 0 Å². The van der Waals surface area contributed by atoms with Gasteiger partial charge >= 0.3 is 103 Å². The predicted octanol–water partition coefficient (Wildman–Crippen LogP) is 2.06. The Hall–Kier alpha value is -0.202. The summed E-state index contributed by atoms with van der Waals surface area (Å²) in [5, 5.41) is 0. The Morgan fingerprint density at radius 2 is 2.27 bits per heavy atom. The Balaban J connectivity index is 2.79. The summed E-state index contributed by atoms with van der Waals surface area (Å²) in [6.07, 6.45) is 5.35. The number of hydrogen-bond acceptors (Lipinski definition) is 2. The molecule has 0 aliphatic carbocycles. The van der Waals surface area contributed by atoms with Crippen LogP contribution in [0.1, 0.15) is 27.7 Å². The van der Waals surface area contributed by atoms with Crippen molar-refractivity contribution in [2.75, 3.05) is 13.3 Å². The van der Waals surface area contributed by atoms with Gasteiger partial charge in [-0.25, -0.2) is 0 Å². The van der Waals surface area contributed by atoms with Crippen molar-refractivity contribution in [1.29, 1.82) is 0 Å². The molecule has 2 nitrogen and oxygen atoms in total. The minimum absolute atomic E-state index is 0.521. The van der Waals surface area contributed by atoms with E-state index < -0.39 is 0 Å². The van der Waals surface area contributed by atoms with E-state index in [1.807, 2.05) is 6.92 Å². The van der Waals surface area contributed by atoms with Crippen molar-refractivity contribution < 1.29 is 24.1 Å². The fraction of sp³-hybridized carbons (Fsp3) is 0.583. The monoisotopic (exact) mass is 376 g/mol. The number of ether oxygens (including phenoxy) is 1. The second-order valence-electron chi connectivity index (χ2n) is 3.96. The van der Waals surface area contributed by atoms with Crippen LogP contribution < -0.4 is 0 Å². The molecule has 0 radical (unpaired) electrons. The Bertz CT molecular complexity index is 305. The minimum atomic E-state index is 0.521. The standard InChI is InChI=1S/C12H18NO.W/c1-5-7-12-11(6-2)8-13(9-14-12)10(3)4;/h7,10H,8-9H2,1-4H3;/q-1;. The first-order valence-electron chi connectivity index (χ1n) is 5.17. The molecule has 0 atom stereocenters. The van der Waals surface area contributed by atoms with Crippen LogP contribution in [0.5, 0.6) is 0 Å². The van der Waals surface area contributed by atoms with Gasteiger partial charge in [-0.15, -0.1) is 0 Å². The first-order valence-corrected chi connectivity index (χ1v) is 6.64. The quantitative estimate of drug-likeness (QED) is 0.685. The van der Waals surface area contributed by atoms with E-state index in [1.165, 1.54) is 28.8 Å². The molecule has 1 rings (SSSR count). The molecule has 0 amide bonds. The molecule has 0 aromatic carbocycles. The molecule has 3 heteroatoms. The number of allylic oxidation sites excluding steroid dienone is 2. The number of nitrogens with zero attached hydrogens (tertiary/aromatic N) is 1. The number of rotatable bonds is 2. The SMILES string of the molecule is C[C-]=C1CN(C(C)C)COC1=C[C](C)=[W]. The summed E-state index contributed by atoms with van der Waals surface area (Å²) < 4.78 is 7.09. The summed E-state index contributed by atoms with van der Waals surface area (Å²) >= 11 is 1.49. The van der Waals surface area contributed by atoms with E-state index in [0.717, 1.165) is 12.3 Å². The average Bonchev–Trinajstić information content (AvgIpc) is 2.17. The second kappa shape index (κ2) is 5.77. The van der Waals surface area contributed by atoms with E-state index in [1.54, 1.807) is 0 Å². The molecule has 0 aromatic rings. The molecule has 1 saturated heterocycles. The third kappa shape index (κ3) is 3.70. The van der Waals surface area contributed by atoms with E-state index in [-0.39, 0.29) is 0 Å². The summed E-state index contributed by atoms with van der Waals surface area (Å²) in [6, 6.07) is 0.521. The summed E-state index contributed by atoms with van der Waals surface area (Å²) in [5.74, 6) is 1.00. The first kappa shape index (κ1) is 12.9. The molecule has 0 spiro atoms. The fourth-order valence-corrected chi connectivity index (χ4v) is 1.80. The van der Waals surface area contributed by atoms with Crippen LogP contribution in [0, 0.1) is 6.08 Å². The van der Waals surface area contributed by atoms with Gasteiger partial charge in [0.1, 0.15) is 0 Å². The van der Waals surface area contributed by atoms with Gasteiger partial charge in [0.05, 0.1) is 0 Å². The maximum atomic E-state index is 5.75. The van der Waals surface area contributed by atoms with Crippen LogP contribution in [-0.4, -0.2) is 28.1 Å². The van der Waals surface area contributed by atoms with Crippen molar-refractivity contribution in [3.63, 3.8) is 0 Å². The third-order valence-electron chi connectivity index (χ3n) is 2.41. The van der Waals surface area contributed by atoms with E-state index in [2.05, 4.69) is 37.8 Å². The van der Waals surface area contributed by atoms with E-state index >= 15 is 0 Å². The van der Waals surface area contributed by atoms with Gasteiger partial charge in [0.25, 0.3) is 0 Å². The van der Waals surface area contributed by atoms with Crippen molar-refractivity contribution in [2.45, 2.75) is 33.7 Å². The normalized spacial score (nSPS) is 23.5. The zero-order valence-corrected chi connectivity index (χ0v) is 12.8. The fourth-order valence-electron chi connectivity index (χ4n) is 1.41. The van der Waals surface area contributed by atoms with Crippen molar-refractivity contribution in [1.82, 2.24) is 4.90 Å². The van der Waals surface area contributed by atoms with Crippen LogP contribution in [-0.2, 0) is 24.1 Å². The molecule has 0 aromatic heterocycles. The second-order valence-corrected chi connectivity index (χ2v) is 6.28. The molecule has 1 aliphatic heterocycles. The summed E-state index contributed by atoms with van der Waals surface area (Å²) in [5.41, 5.74) is 1.18. The molecule has 1 heterocycles. The molecule has 0 bridgehead atoms. The summed E-state index contributed by atoms with van der Waals surface area (Å²) in [6.45, 7) is 10.1. The van der Waals surface area contributed by atoms with Crippen LogP contribution in [0.4, 0.5) is 0 Å². The Morgan fingerprint density at radius 1 is 1.60 bits per heavy atom. The van der Waals surface area contributed by atoms with Gasteiger partial charge in [-0.05, 0) is 0 Å². The summed E-state index contributed by atoms with van der Waals surface area (Å²) in [4.78, 5) is 2.29. The Morgan fingerprint density at radius 3 is 2.73 bits per heavy atom. The van der Waals surface area contributed by atoms with Crippen molar-refractivity contribution in [3.05, 3.63) is 23.5 Å². The molecular weight excluding hydrogens is 358 g/mol. The van der Waals surface area contributed by atoms with Crippen molar-refractivity contribution >= 4 is 3.90 Å². The van der Waals surface area contributed by atoms with Gasteiger partial charge in [0, 0.05) is 0 Å². The summed E-state index contributed by atoms with van der Waals surface area (Å²) in [7, 11) is 0. The van der Waals surface area contributed by atoms with Gasteiger partial charge in [0.2, 0.25) is 0 Å². The van der Waals surface area contributed by atoms with Gasteiger partial charge < -0.3 is 0 Å². The molecule has 84 valence electrons. The molecule has 1 fully saturated rings. The van der Waals surface area contributed by atoms with Crippen LogP contribution in [0.25, 0.3) is 0 Å². The van der Waals surface area contributed by atoms with Gasteiger partial charge in [-0.2, -0.15) is 0 Å². The third-order valence-corrected chi connectivity index (χ3v) is 2.83.